The van der Waals surface area contributed by atoms with Crippen LogP contribution in [0.1, 0.15) is 0 Å². The van der Waals surface area contributed by atoms with Gasteiger partial charge in [0.1, 0.15) is 0 Å². The Morgan fingerprint density at radius 2 is 0.711 bits per heavy atom. The van der Waals surface area contributed by atoms with Crippen molar-refractivity contribution in [1.29, 1.82) is 0 Å². The third-order valence-corrected chi connectivity index (χ3v) is 12.1. The highest BCUT2D eigenvalue weighted by Crippen LogP contribution is 2.43. The first-order valence-corrected chi connectivity index (χ1v) is 17.2. The van der Waals surface area contributed by atoms with Gasteiger partial charge in [-0.25, -0.2) is 15.0 Å². The normalized spacial score (nSPS) is 12.0. The molecule has 0 unspecified atom stereocenters. The maximum absolute atomic E-state index is 5.29. The van der Waals surface area contributed by atoms with Crippen molar-refractivity contribution in [3.8, 4) is 34.2 Å². The molecule has 0 saturated heterocycles. The third-order valence-electron chi connectivity index (χ3n) is 8.57. The Morgan fingerprint density at radius 1 is 0.311 bits per heavy atom. The van der Waals surface area contributed by atoms with Crippen LogP contribution in [0, 0.1) is 0 Å². The van der Waals surface area contributed by atoms with Crippen LogP contribution in [0.5, 0.6) is 0 Å². The first-order valence-electron chi connectivity index (χ1n) is 14.8. The molecule has 0 fully saturated rings. The van der Waals surface area contributed by atoms with Crippen molar-refractivity contribution in [2.24, 2.45) is 0 Å². The Labute approximate surface area is 269 Å². The Morgan fingerprint density at radius 3 is 1.29 bits per heavy atom. The molecular weight excluding hydrogens is 607 g/mol. The summed E-state index contributed by atoms with van der Waals surface area (Å²) in [5, 5.41) is 7.34. The molecule has 10 rings (SSSR count). The molecule has 0 bridgehead atoms. The summed E-state index contributed by atoms with van der Waals surface area (Å²) in [5.74, 6) is 2.08. The van der Waals surface area contributed by atoms with Gasteiger partial charge in [-0.05, 0) is 36.4 Å². The zero-order valence-electron chi connectivity index (χ0n) is 23.7. The second-order valence-corrected chi connectivity index (χ2v) is 14.4. The van der Waals surface area contributed by atoms with Crippen LogP contribution in [0.2, 0.25) is 0 Å². The van der Waals surface area contributed by atoms with E-state index in [0.717, 1.165) is 16.7 Å². The van der Waals surface area contributed by atoms with Crippen LogP contribution < -0.4 is 0 Å². The summed E-state index contributed by atoms with van der Waals surface area (Å²) in [7, 11) is 0. The van der Waals surface area contributed by atoms with E-state index in [2.05, 4.69) is 127 Å². The molecular formula is C39H21N3S3. The summed E-state index contributed by atoms with van der Waals surface area (Å²) in [5.41, 5.74) is 3.09. The lowest BCUT2D eigenvalue weighted by Crippen LogP contribution is -2.00. The molecule has 210 valence electrons. The van der Waals surface area contributed by atoms with Crippen molar-refractivity contribution in [3.63, 3.8) is 0 Å². The molecule has 0 radical (unpaired) electrons. The zero-order chi connectivity index (χ0) is 29.5. The fourth-order valence-corrected chi connectivity index (χ4v) is 10.1. The van der Waals surface area contributed by atoms with Gasteiger partial charge in [0.2, 0.25) is 0 Å². The summed E-state index contributed by atoms with van der Waals surface area (Å²) in [6.45, 7) is 0. The van der Waals surface area contributed by atoms with E-state index in [1.165, 1.54) is 60.5 Å². The largest absolute Gasteiger partial charge is 0.208 e. The average molecular weight is 628 g/mol. The molecule has 4 aromatic heterocycles. The molecule has 0 aliphatic rings. The van der Waals surface area contributed by atoms with E-state index in [0.29, 0.717) is 17.5 Å². The SMILES string of the molecule is c1ccc2c(c1)sc1c(-c3nc(-c4cccc5sc6ccccc6c45)nc(-c4cccc5sc6ccccc6c45)n3)cccc12. The van der Waals surface area contributed by atoms with Crippen molar-refractivity contribution in [1.82, 2.24) is 15.0 Å². The molecule has 45 heavy (non-hydrogen) atoms. The number of hydrogen-bond donors (Lipinski definition) is 0. The van der Waals surface area contributed by atoms with Crippen molar-refractivity contribution in [2.75, 3.05) is 0 Å². The number of thiophene rings is 3. The molecule has 0 aliphatic heterocycles. The Bertz CT molecular complexity index is 2650. The zero-order valence-corrected chi connectivity index (χ0v) is 26.1. The highest BCUT2D eigenvalue weighted by Gasteiger charge is 2.20. The number of rotatable bonds is 3. The van der Waals surface area contributed by atoms with Gasteiger partial charge >= 0.3 is 0 Å². The average Bonchev–Trinajstić information content (AvgIpc) is 3.79. The van der Waals surface area contributed by atoms with Gasteiger partial charge in [-0.3, -0.25) is 0 Å². The number of aromatic nitrogens is 3. The second-order valence-electron chi connectivity index (χ2n) is 11.1. The minimum absolute atomic E-state index is 0.693. The quantitative estimate of drug-likeness (QED) is 0.196. The van der Waals surface area contributed by atoms with E-state index in [1.807, 2.05) is 22.7 Å². The van der Waals surface area contributed by atoms with E-state index < -0.39 is 0 Å². The van der Waals surface area contributed by atoms with Crippen LogP contribution >= 0.6 is 34.0 Å². The number of hydrogen-bond acceptors (Lipinski definition) is 6. The molecule has 10 aromatic rings. The van der Waals surface area contributed by atoms with Crippen molar-refractivity contribution >= 4 is 94.5 Å². The predicted octanol–water partition coefficient (Wildman–Crippen LogP) is 12.0. The van der Waals surface area contributed by atoms with Gasteiger partial charge in [-0.1, -0.05) is 91.0 Å². The van der Waals surface area contributed by atoms with E-state index in [4.69, 9.17) is 15.0 Å². The first-order chi connectivity index (χ1) is 22.3. The Balaban J connectivity index is 1.31. The molecule has 4 heterocycles. The lowest BCUT2D eigenvalue weighted by molar-refractivity contribution is 1.08. The fourth-order valence-electron chi connectivity index (χ4n) is 6.58. The Kier molecular flexibility index (Phi) is 5.49. The maximum Gasteiger partial charge on any atom is 0.165 e. The van der Waals surface area contributed by atoms with Crippen LogP contribution in [0.25, 0.3) is 94.7 Å². The molecule has 0 aliphatic carbocycles. The lowest BCUT2D eigenvalue weighted by Gasteiger charge is -2.11. The molecule has 6 aromatic carbocycles. The van der Waals surface area contributed by atoms with Gasteiger partial charge < -0.3 is 0 Å². The molecule has 0 amide bonds. The topological polar surface area (TPSA) is 38.7 Å². The first kappa shape index (κ1) is 25.3. The van der Waals surface area contributed by atoms with Gasteiger partial charge in [0, 0.05) is 77.2 Å². The fraction of sp³-hybridized carbons (Fsp3) is 0. The highest BCUT2D eigenvalue weighted by molar-refractivity contribution is 7.27. The van der Waals surface area contributed by atoms with Crippen molar-refractivity contribution in [2.45, 2.75) is 0 Å². The molecule has 0 saturated carbocycles. The maximum atomic E-state index is 5.29. The van der Waals surface area contributed by atoms with Gasteiger partial charge in [0.25, 0.3) is 0 Å². The van der Waals surface area contributed by atoms with Gasteiger partial charge in [0.15, 0.2) is 17.5 Å². The van der Waals surface area contributed by atoms with Crippen molar-refractivity contribution < 1.29 is 0 Å². The third kappa shape index (κ3) is 3.83. The summed E-state index contributed by atoms with van der Waals surface area (Å²) in [6.07, 6.45) is 0. The standard InChI is InChI=1S/C39H21N3S3/c1-4-17-29-22(10-1)23-13-7-16-28(36(23)45-29)39-41-37(26-14-8-20-32-34(26)24-11-2-5-18-30(24)43-32)40-38(42-39)27-15-9-21-33-35(27)25-12-3-6-19-31(25)44-33/h1-21H. The molecule has 3 nitrogen and oxygen atoms in total. The second kappa shape index (κ2) is 9.74. The van der Waals surface area contributed by atoms with Gasteiger partial charge in [-0.2, -0.15) is 0 Å². The van der Waals surface area contributed by atoms with Crippen LogP contribution in [-0.4, -0.2) is 15.0 Å². The summed E-state index contributed by atoms with van der Waals surface area (Å²) >= 11 is 5.43. The number of benzene rings is 6. The van der Waals surface area contributed by atoms with Crippen LogP contribution in [-0.2, 0) is 0 Å². The predicted molar refractivity (Wildman–Crippen MR) is 195 cm³/mol. The van der Waals surface area contributed by atoms with Crippen molar-refractivity contribution in [3.05, 3.63) is 127 Å². The van der Waals surface area contributed by atoms with E-state index in [9.17, 15) is 0 Å². The van der Waals surface area contributed by atoms with E-state index in [-0.39, 0.29) is 0 Å². The molecule has 0 atom stereocenters. The van der Waals surface area contributed by atoms with Gasteiger partial charge in [-0.15, -0.1) is 34.0 Å². The molecule has 0 spiro atoms. The minimum atomic E-state index is 0.693. The highest BCUT2D eigenvalue weighted by atomic mass is 32.1. The van der Waals surface area contributed by atoms with E-state index >= 15 is 0 Å². The van der Waals surface area contributed by atoms with Gasteiger partial charge in [0.05, 0.1) is 0 Å². The smallest absolute Gasteiger partial charge is 0.165 e. The summed E-state index contributed by atoms with van der Waals surface area (Å²) in [6, 6.07) is 45.3. The van der Waals surface area contributed by atoms with Crippen LogP contribution in [0.4, 0.5) is 0 Å². The van der Waals surface area contributed by atoms with Crippen LogP contribution in [0.15, 0.2) is 127 Å². The minimum Gasteiger partial charge on any atom is -0.208 e. The van der Waals surface area contributed by atoms with Crippen LogP contribution in [0.3, 0.4) is 0 Å². The van der Waals surface area contributed by atoms with E-state index in [1.54, 1.807) is 11.3 Å². The Hall–Kier alpha value is -5.01. The number of fused-ring (bicyclic) bond motifs is 9. The molecule has 0 N–H and O–H groups in total. The lowest BCUT2D eigenvalue weighted by atomic mass is 10.0. The number of nitrogens with zero attached hydrogens (tertiary/aromatic N) is 3. The molecule has 6 heteroatoms. The summed E-state index contributed by atoms with van der Waals surface area (Å²) < 4.78 is 7.45. The monoisotopic (exact) mass is 627 g/mol. The summed E-state index contributed by atoms with van der Waals surface area (Å²) in [4.78, 5) is 15.8.